The molecule has 0 N–H and O–H groups in total. The molecule has 0 aliphatic heterocycles. The van der Waals surface area contributed by atoms with Gasteiger partial charge < -0.3 is 0 Å². The van der Waals surface area contributed by atoms with Gasteiger partial charge in [0.1, 0.15) is 0 Å². The number of nitrogens with zero attached hydrogens (tertiary/aromatic N) is 2. The third-order valence-corrected chi connectivity index (χ3v) is 4.05. The molecule has 4 nitrogen and oxygen atoms in total. The van der Waals surface area contributed by atoms with Gasteiger partial charge in [0.2, 0.25) is 0 Å². The second-order valence-electron chi connectivity index (χ2n) is 3.20. The first-order chi connectivity index (χ1) is 6.24. The fraction of sp³-hybridized carbons (Fsp3) is 0.500. The average Bonchev–Trinajstić information content (AvgIpc) is 2.82. The second kappa shape index (κ2) is 3.39. The molecule has 5 heteroatoms. The van der Waals surface area contributed by atoms with Crippen LogP contribution in [0.5, 0.6) is 0 Å². The Morgan fingerprint density at radius 1 is 1.85 bits per heavy atom. The van der Waals surface area contributed by atoms with Crippen LogP contribution < -0.4 is 0 Å². The number of rotatable bonds is 2. The van der Waals surface area contributed by atoms with E-state index in [-0.39, 0.29) is 11.9 Å². The van der Waals surface area contributed by atoms with Crippen molar-refractivity contribution in [2.75, 3.05) is 7.11 Å². The zero-order valence-corrected chi connectivity index (χ0v) is 11.8. The number of aromatic nitrogens is 2. The van der Waals surface area contributed by atoms with Crippen molar-refractivity contribution in [2.45, 2.75) is 12.3 Å². The van der Waals surface area contributed by atoms with Crippen LogP contribution in [0.15, 0.2) is 12.5 Å². The molecule has 1 saturated carbocycles. The monoisotopic (exact) mass is 370 g/mol. The molecule has 0 radical (unpaired) electrons. The second-order valence-corrected chi connectivity index (χ2v) is 5.36. The van der Waals surface area contributed by atoms with E-state index in [0.29, 0.717) is 5.92 Å². The number of methoxy groups -OCH3 is 1. The van der Waals surface area contributed by atoms with Crippen LogP contribution in [-0.4, -0.2) is 46.5 Å². The molecule has 13 heavy (non-hydrogen) atoms. The van der Waals surface area contributed by atoms with E-state index in [9.17, 15) is 4.79 Å². The summed E-state index contributed by atoms with van der Waals surface area (Å²) in [5.74, 6) is 0.357. The first-order valence-electron chi connectivity index (χ1n) is 4.09. The summed E-state index contributed by atoms with van der Waals surface area (Å²) in [5.41, 5.74) is 1.19. The topological polar surface area (TPSA) is 44.1 Å². The van der Waals surface area contributed by atoms with Crippen LogP contribution in [0.4, 0.5) is 0 Å². The van der Waals surface area contributed by atoms with Crippen molar-refractivity contribution in [3.05, 3.63) is 18.2 Å². The third-order valence-electron chi connectivity index (χ3n) is 2.37. The van der Waals surface area contributed by atoms with Crippen LogP contribution in [0, 0.1) is 5.92 Å². The Balaban J connectivity index is 2.08. The summed E-state index contributed by atoms with van der Waals surface area (Å²) in [5, 5.41) is 0. The number of hydrogen-bond acceptors (Lipinski definition) is 3. The van der Waals surface area contributed by atoms with E-state index in [1.165, 1.54) is 12.8 Å². The van der Waals surface area contributed by atoms with Gasteiger partial charge in [0.05, 0.1) is 0 Å². The van der Waals surface area contributed by atoms with Crippen LogP contribution in [-0.2, 0) is 9.53 Å². The van der Waals surface area contributed by atoms with Crippen molar-refractivity contribution in [3.63, 3.8) is 0 Å². The normalized spacial score (nSPS) is 25.5. The van der Waals surface area contributed by atoms with Gasteiger partial charge in [0, 0.05) is 0 Å². The van der Waals surface area contributed by atoms with E-state index >= 15 is 0 Å². The molecule has 1 aromatic rings. The number of ether oxygens (including phenoxy) is 1. The molecule has 1 aliphatic rings. The Morgan fingerprint density at radius 2 is 2.62 bits per heavy atom. The molecule has 1 aromatic heterocycles. The molecule has 2 rings (SSSR count). The van der Waals surface area contributed by atoms with Crippen molar-refractivity contribution in [1.29, 1.82) is 0 Å². The van der Waals surface area contributed by atoms with E-state index in [1.54, 1.807) is 0 Å². The van der Waals surface area contributed by atoms with Gasteiger partial charge in [-0.3, -0.25) is 0 Å². The van der Waals surface area contributed by atoms with Crippen LogP contribution in [0.1, 0.15) is 18.0 Å². The number of carbonyl (C=O) groups excluding carboxylic acids is 1. The van der Waals surface area contributed by atoms with Crippen molar-refractivity contribution in [2.24, 2.45) is 5.92 Å². The maximum atomic E-state index is 11.2. The fourth-order valence-electron chi connectivity index (χ4n) is 1.54. The molecule has 0 bridgehead atoms. The van der Waals surface area contributed by atoms with Gasteiger partial charge in [-0.15, -0.1) is 0 Å². The molecule has 1 heterocycles. The van der Waals surface area contributed by atoms with Crippen LogP contribution in [0.2, 0.25) is 0 Å². The standard InChI is InChI=1S/C8H9N2O2.Tl/c1-12-8(11)6-2-5(6)7-3-9-4-10-7;/h3-6H,2H2,1H3;/q-1;+1. The summed E-state index contributed by atoms with van der Waals surface area (Å²) in [6.45, 7) is 0. The van der Waals surface area contributed by atoms with Gasteiger partial charge in [0.25, 0.3) is 0 Å². The van der Waals surface area contributed by atoms with Crippen LogP contribution >= 0.6 is 0 Å². The summed E-state index contributed by atoms with van der Waals surface area (Å²) in [6, 6.07) is 0. The van der Waals surface area contributed by atoms with E-state index < -0.39 is 0 Å². The molecule has 0 aromatic carbocycles. The number of carbonyl (C=O) groups is 1. The molecular formula is C8H9N2O2Tl. The predicted octanol–water partition coefficient (Wildman–Crippen LogP) is 0.0912. The first kappa shape index (κ1) is 9.17. The molecule has 66 valence electrons. The fourth-order valence-corrected chi connectivity index (χ4v) is 2.84. The predicted molar refractivity (Wildman–Crippen MR) is 46.2 cm³/mol. The first-order valence-corrected chi connectivity index (χ1v) is 6.10. The van der Waals surface area contributed by atoms with Gasteiger partial charge in [-0.1, -0.05) is 0 Å². The minimum atomic E-state index is -0.0869. The van der Waals surface area contributed by atoms with Crippen molar-refractivity contribution in [3.8, 4) is 0 Å². The quantitative estimate of drug-likeness (QED) is 0.548. The number of esters is 1. The summed E-state index contributed by atoms with van der Waals surface area (Å²) >= 11 is 0.724. The number of hydrogen-bond donors (Lipinski definition) is 0. The minimum absolute atomic E-state index is 0.0826. The zero-order chi connectivity index (χ0) is 9.42. The molecule has 0 amide bonds. The Kier molecular flexibility index (Phi) is 2.39. The molecular weight excluding hydrogens is 360 g/mol. The molecule has 1 aliphatic carbocycles. The van der Waals surface area contributed by atoms with Crippen molar-refractivity contribution < 1.29 is 9.53 Å². The van der Waals surface area contributed by atoms with Crippen LogP contribution in [0.25, 0.3) is 0 Å². The Morgan fingerprint density at radius 3 is 3.15 bits per heavy atom. The average molecular weight is 370 g/mol. The Hall–Kier alpha value is -0.398. The number of imidazole rings is 1. The molecule has 2 unspecified atom stereocenters. The SMILES string of the molecule is COC(=O)C1CC1c1cnc[n]1[Tl]. The Bertz CT molecular complexity index is 337. The van der Waals surface area contributed by atoms with Gasteiger partial charge in [0.15, 0.2) is 0 Å². The van der Waals surface area contributed by atoms with E-state index in [2.05, 4.69) is 12.1 Å². The van der Waals surface area contributed by atoms with E-state index in [4.69, 9.17) is 0 Å². The van der Waals surface area contributed by atoms with Gasteiger partial charge in [-0.25, -0.2) is 0 Å². The van der Waals surface area contributed by atoms with Gasteiger partial charge in [-0.05, 0) is 0 Å². The Labute approximate surface area is 92.4 Å². The van der Waals surface area contributed by atoms with Crippen molar-refractivity contribution in [1.82, 2.24) is 7.36 Å². The molecule has 0 spiro atoms. The van der Waals surface area contributed by atoms with Crippen LogP contribution in [0.3, 0.4) is 0 Å². The third kappa shape index (κ3) is 1.63. The van der Waals surface area contributed by atoms with E-state index in [1.807, 2.05) is 12.5 Å². The zero-order valence-electron chi connectivity index (χ0n) is 7.30. The summed E-state index contributed by atoms with van der Waals surface area (Å²) in [4.78, 5) is 15.2. The van der Waals surface area contributed by atoms with E-state index in [0.717, 1.165) is 32.5 Å². The maximum absolute atomic E-state index is 11.2. The molecule has 0 saturated heterocycles. The summed E-state index contributed by atoms with van der Waals surface area (Å²) in [6.07, 6.45) is 4.60. The summed E-state index contributed by atoms with van der Waals surface area (Å²) in [7, 11) is 1.44. The molecule has 1 fully saturated rings. The molecule has 2 atom stereocenters. The summed E-state index contributed by atoms with van der Waals surface area (Å²) < 4.78 is 6.81. The van der Waals surface area contributed by atoms with Gasteiger partial charge in [-0.2, -0.15) is 0 Å². The van der Waals surface area contributed by atoms with Gasteiger partial charge >= 0.3 is 92.5 Å². The van der Waals surface area contributed by atoms with Crippen molar-refractivity contribution >= 4 is 32.0 Å².